The van der Waals surface area contributed by atoms with Gasteiger partial charge in [0.15, 0.2) is 5.82 Å². The van der Waals surface area contributed by atoms with E-state index in [1.807, 2.05) is 62.4 Å². The molecule has 24 heavy (non-hydrogen) atoms. The monoisotopic (exact) mass is 321 g/mol. The Balaban J connectivity index is 1.80. The van der Waals surface area contributed by atoms with Crippen LogP contribution in [0.5, 0.6) is 0 Å². The summed E-state index contributed by atoms with van der Waals surface area (Å²) in [5.41, 5.74) is 2.47. The number of carbonyl (C=O) groups is 1. The summed E-state index contributed by atoms with van der Waals surface area (Å²) in [5, 5.41) is 14.7. The Bertz CT molecular complexity index is 828. The molecule has 1 amide bonds. The van der Waals surface area contributed by atoms with Crippen molar-refractivity contribution in [3.63, 3.8) is 0 Å². The molecule has 2 aromatic carbocycles. The Kier molecular flexibility index (Phi) is 4.65. The van der Waals surface area contributed by atoms with Gasteiger partial charge in [0.25, 0.3) is 5.91 Å². The molecular formula is C18H19N5O. The maximum Gasteiger partial charge on any atom is 0.251 e. The second kappa shape index (κ2) is 7.04. The number of amides is 1. The molecule has 0 radical (unpaired) electrons. The van der Waals surface area contributed by atoms with Gasteiger partial charge in [-0.05, 0) is 42.0 Å². The van der Waals surface area contributed by atoms with Crippen molar-refractivity contribution < 1.29 is 4.79 Å². The first-order valence-electron chi connectivity index (χ1n) is 7.91. The fourth-order valence-corrected chi connectivity index (χ4v) is 2.53. The summed E-state index contributed by atoms with van der Waals surface area (Å²) in [6, 6.07) is 17.1. The Morgan fingerprint density at radius 2 is 1.96 bits per heavy atom. The third kappa shape index (κ3) is 3.32. The molecule has 3 rings (SSSR count). The molecule has 0 aliphatic carbocycles. The van der Waals surface area contributed by atoms with Crippen LogP contribution in [0.15, 0.2) is 54.6 Å². The van der Waals surface area contributed by atoms with E-state index >= 15 is 0 Å². The van der Waals surface area contributed by atoms with Crippen LogP contribution in [0.25, 0.3) is 11.4 Å². The fraction of sp³-hybridized carbons (Fsp3) is 0.222. The zero-order valence-corrected chi connectivity index (χ0v) is 13.7. The average molecular weight is 321 g/mol. The van der Waals surface area contributed by atoms with Crippen molar-refractivity contribution in [1.29, 1.82) is 0 Å². The minimum atomic E-state index is -0.122. The van der Waals surface area contributed by atoms with Gasteiger partial charge in [-0.2, -0.15) is 0 Å². The lowest BCUT2D eigenvalue weighted by molar-refractivity contribution is 0.0940. The number of nitrogens with one attached hydrogen (secondary N) is 1. The summed E-state index contributed by atoms with van der Waals surface area (Å²) >= 11 is 0. The lowest BCUT2D eigenvalue weighted by Crippen LogP contribution is -2.26. The second-order valence-electron chi connectivity index (χ2n) is 5.50. The molecule has 0 bridgehead atoms. The third-order valence-corrected chi connectivity index (χ3v) is 3.86. The Morgan fingerprint density at radius 1 is 1.17 bits per heavy atom. The van der Waals surface area contributed by atoms with Crippen LogP contribution in [0.3, 0.4) is 0 Å². The Hall–Kier alpha value is -3.02. The van der Waals surface area contributed by atoms with E-state index in [0.29, 0.717) is 17.9 Å². The first kappa shape index (κ1) is 15.9. The standard InChI is InChI=1S/C18H19N5O/c1-3-23-17(20-21-22-23)15-10-7-11-16(12-15)18(24)19-13(2)14-8-5-4-6-9-14/h4-13H,3H2,1-2H3,(H,19,24). The molecule has 1 N–H and O–H groups in total. The summed E-state index contributed by atoms with van der Waals surface area (Å²) in [6.07, 6.45) is 0. The molecule has 122 valence electrons. The number of benzene rings is 2. The number of nitrogens with zero attached hydrogens (tertiary/aromatic N) is 4. The van der Waals surface area contributed by atoms with Gasteiger partial charge in [0.2, 0.25) is 0 Å². The minimum Gasteiger partial charge on any atom is -0.346 e. The summed E-state index contributed by atoms with van der Waals surface area (Å²) in [6.45, 7) is 4.61. The van der Waals surface area contributed by atoms with Crippen molar-refractivity contribution in [1.82, 2.24) is 25.5 Å². The zero-order chi connectivity index (χ0) is 16.9. The van der Waals surface area contributed by atoms with Crippen molar-refractivity contribution in [3.05, 3.63) is 65.7 Å². The molecule has 1 heterocycles. The number of hydrogen-bond acceptors (Lipinski definition) is 4. The molecule has 3 aromatic rings. The van der Waals surface area contributed by atoms with Crippen LogP contribution in [-0.4, -0.2) is 26.1 Å². The van der Waals surface area contributed by atoms with Gasteiger partial charge in [0.05, 0.1) is 6.04 Å². The highest BCUT2D eigenvalue weighted by molar-refractivity contribution is 5.95. The Labute approximate surface area is 140 Å². The molecule has 0 aliphatic heterocycles. The molecule has 6 nitrogen and oxygen atoms in total. The second-order valence-corrected chi connectivity index (χ2v) is 5.50. The van der Waals surface area contributed by atoms with Crippen LogP contribution in [0.4, 0.5) is 0 Å². The first-order chi connectivity index (χ1) is 11.7. The van der Waals surface area contributed by atoms with Crippen LogP contribution in [0.2, 0.25) is 0 Å². The van der Waals surface area contributed by atoms with Gasteiger partial charge in [0, 0.05) is 17.7 Å². The average Bonchev–Trinajstić information content (AvgIpc) is 3.11. The van der Waals surface area contributed by atoms with Gasteiger partial charge in [0.1, 0.15) is 0 Å². The third-order valence-electron chi connectivity index (χ3n) is 3.86. The van der Waals surface area contributed by atoms with Gasteiger partial charge in [-0.25, -0.2) is 4.68 Å². The zero-order valence-electron chi connectivity index (χ0n) is 13.7. The van der Waals surface area contributed by atoms with Crippen LogP contribution in [-0.2, 0) is 6.54 Å². The summed E-state index contributed by atoms with van der Waals surface area (Å²) in [4.78, 5) is 12.5. The van der Waals surface area contributed by atoms with E-state index in [2.05, 4.69) is 20.8 Å². The van der Waals surface area contributed by atoms with E-state index < -0.39 is 0 Å². The van der Waals surface area contributed by atoms with Crippen LogP contribution in [0, 0.1) is 0 Å². The van der Waals surface area contributed by atoms with Crippen molar-refractivity contribution in [2.45, 2.75) is 26.4 Å². The maximum atomic E-state index is 12.5. The van der Waals surface area contributed by atoms with E-state index in [-0.39, 0.29) is 11.9 Å². The molecule has 0 aliphatic rings. The smallest absolute Gasteiger partial charge is 0.251 e. The highest BCUT2D eigenvalue weighted by atomic mass is 16.1. The predicted octanol–water partition coefficient (Wildman–Crippen LogP) is 2.85. The molecule has 1 atom stereocenters. The highest BCUT2D eigenvalue weighted by Gasteiger charge is 2.14. The molecular weight excluding hydrogens is 302 g/mol. The van der Waals surface area contributed by atoms with Crippen molar-refractivity contribution in [3.8, 4) is 11.4 Å². The number of rotatable bonds is 5. The number of aromatic nitrogens is 4. The van der Waals surface area contributed by atoms with Gasteiger partial charge < -0.3 is 5.32 Å². The molecule has 1 aromatic heterocycles. The fourth-order valence-electron chi connectivity index (χ4n) is 2.53. The van der Waals surface area contributed by atoms with Gasteiger partial charge in [-0.3, -0.25) is 4.79 Å². The lowest BCUT2D eigenvalue weighted by Gasteiger charge is -2.14. The van der Waals surface area contributed by atoms with E-state index in [9.17, 15) is 4.79 Å². The summed E-state index contributed by atoms with van der Waals surface area (Å²) in [7, 11) is 0. The SMILES string of the molecule is CCn1nnnc1-c1cccc(C(=O)NC(C)c2ccccc2)c1. The topological polar surface area (TPSA) is 72.7 Å². The normalized spacial score (nSPS) is 11.9. The molecule has 0 saturated heterocycles. The number of aryl methyl sites for hydroxylation is 1. The van der Waals surface area contributed by atoms with Crippen LogP contribution < -0.4 is 5.32 Å². The number of hydrogen-bond donors (Lipinski definition) is 1. The maximum absolute atomic E-state index is 12.5. The number of carbonyl (C=O) groups excluding carboxylic acids is 1. The van der Waals surface area contributed by atoms with Crippen molar-refractivity contribution >= 4 is 5.91 Å². The molecule has 0 fully saturated rings. The predicted molar refractivity (Wildman–Crippen MR) is 91.3 cm³/mol. The molecule has 0 spiro atoms. The molecule has 1 unspecified atom stereocenters. The lowest BCUT2D eigenvalue weighted by atomic mass is 10.1. The first-order valence-corrected chi connectivity index (χ1v) is 7.91. The quantitative estimate of drug-likeness (QED) is 0.784. The van der Waals surface area contributed by atoms with Crippen LogP contribution >= 0.6 is 0 Å². The van der Waals surface area contributed by atoms with Crippen molar-refractivity contribution in [2.24, 2.45) is 0 Å². The summed E-state index contributed by atoms with van der Waals surface area (Å²) in [5.74, 6) is 0.534. The highest BCUT2D eigenvalue weighted by Crippen LogP contribution is 2.18. The largest absolute Gasteiger partial charge is 0.346 e. The van der Waals surface area contributed by atoms with E-state index in [0.717, 1.165) is 11.1 Å². The molecule has 0 saturated carbocycles. The van der Waals surface area contributed by atoms with E-state index in [1.54, 1.807) is 10.7 Å². The van der Waals surface area contributed by atoms with Gasteiger partial charge in [-0.15, -0.1) is 5.10 Å². The number of tetrazole rings is 1. The van der Waals surface area contributed by atoms with Gasteiger partial charge >= 0.3 is 0 Å². The van der Waals surface area contributed by atoms with E-state index in [1.165, 1.54) is 0 Å². The van der Waals surface area contributed by atoms with Crippen LogP contribution in [0.1, 0.15) is 35.8 Å². The molecule has 6 heteroatoms. The van der Waals surface area contributed by atoms with Gasteiger partial charge in [-0.1, -0.05) is 42.5 Å². The van der Waals surface area contributed by atoms with Crippen molar-refractivity contribution in [2.75, 3.05) is 0 Å². The Morgan fingerprint density at radius 3 is 2.71 bits per heavy atom. The van der Waals surface area contributed by atoms with E-state index in [4.69, 9.17) is 0 Å². The minimum absolute atomic E-state index is 0.0664. The summed E-state index contributed by atoms with van der Waals surface area (Å²) < 4.78 is 1.70.